The molecular weight excluding hydrogens is 265 g/mol. The first-order chi connectivity index (χ1) is 8.99. The first kappa shape index (κ1) is 14.1. The predicted molar refractivity (Wildman–Crippen MR) is 72.1 cm³/mol. The van der Waals surface area contributed by atoms with Crippen LogP contribution in [-0.4, -0.2) is 17.8 Å². The molecule has 1 aromatic rings. The Kier molecular flexibility index (Phi) is 4.27. The molecule has 1 fully saturated rings. The fourth-order valence-electron chi connectivity index (χ4n) is 1.95. The molecule has 0 saturated carbocycles. The van der Waals surface area contributed by atoms with E-state index in [1.807, 2.05) is 13.0 Å². The van der Waals surface area contributed by atoms with Gasteiger partial charge in [0.1, 0.15) is 12.0 Å². The van der Waals surface area contributed by atoms with Gasteiger partial charge in [0.25, 0.3) is 0 Å². The van der Waals surface area contributed by atoms with Gasteiger partial charge in [0.2, 0.25) is 5.91 Å². The summed E-state index contributed by atoms with van der Waals surface area (Å²) in [6.45, 7) is 3.25. The molecule has 6 heteroatoms. The number of hydrogen-bond acceptors (Lipinski definition) is 4. The summed E-state index contributed by atoms with van der Waals surface area (Å²) in [5, 5.41) is 2.63. The van der Waals surface area contributed by atoms with Gasteiger partial charge >= 0.3 is 7.60 Å². The van der Waals surface area contributed by atoms with Gasteiger partial charge in [-0.1, -0.05) is 18.2 Å². The van der Waals surface area contributed by atoms with E-state index in [0.29, 0.717) is 18.6 Å². The average molecular weight is 283 g/mol. The highest BCUT2D eigenvalue weighted by Gasteiger charge is 2.41. The average Bonchev–Trinajstić information content (AvgIpc) is 2.34. The molecule has 1 amide bonds. The molecule has 0 bridgehead atoms. The number of nitrogens with one attached hydrogen (secondary N) is 1. The van der Waals surface area contributed by atoms with Crippen LogP contribution in [0.4, 0.5) is 0 Å². The zero-order valence-corrected chi connectivity index (χ0v) is 11.9. The molecule has 3 atom stereocenters. The molecule has 0 spiro atoms. The second-order valence-corrected chi connectivity index (χ2v) is 7.02. The zero-order chi connectivity index (χ0) is 13.9. The highest BCUT2D eigenvalue weighted by molar-refractivity contribution is 7.55. The van der Waals surface area contributed by atoms with Crippen molar-refractivity contribution >= 4 is 13.5 Å². The maximum absolute atomic E-state index is 12.7. The highest BCUT2D eigenvalue weighted by Crippen LogP contribution is 2.57. The van der Waals surface area contributed by atoms with Gasteiger partial charge in [-0.2, -0.15) is 0 Å². The summed E-state index contributed by atoms with van der Waals surface area (Å²) in [6, 6.07) is 8.94. The third-order valence-electron chi connectivity index (χ3n) is 3.00. The summed E-state index contributed by atoms with van der Waals surface area (Å²) in [7, 11) is -3.25. The Bertz CT molecular complexity index is 491. The molecule has 1 N–H and O–H groups in total. The van der Waals surface area contributed by atoms with Gasteiger partial charge in [-0.05, 0) is 31.9 Å². The maximum atomic E-state index is 12.7. The summed E-state index contributed by atoms with van der Waals surface area (Å²) in [5.41, 5.74) is -0.183. The number of benzene rings is 1. The Morgan fingerprint density at radius 3 is 2.68 bits per heavy atom. The quantitative estimate of drug-likeness (QED) is 0.866. The monoisotopic (exact) mass is 283 g/mol. The predicted octanol–water partition coefficient (Wildman–Crippen LogP) is 2.92. The summed E-state index contributed by atoms with van der Waals surface area (Å²) in [5.74, 6) is 0.312. The Morgan fingerprint density at radius 1 is 1.37 bits per heavy atom. The SMILES string of the molecule is CC(=O)NC1CCC(C)P(=O)(Oc2ccccc2)O1. The molecule has 0 aromatic heterocycles. The first-order valence-corrected chi connectivity index (χ1v) is 7.90. The van der Waals surface area contributed by atoms with Gasteiger partial charge in [-0.3, -0.25) is 9.32 Å². The topological polar surface area (TPSA) is 64.6 Å². The molecule has 1 heterocycles. The fourth-order valence-corrected chi connectivity index (χ4v) is 3.77. The van der Waals surface area contributed by atoms with E-state index in [0.717, 1.165) is 0 Å². The van der Waals surface area contributed by atoms with E-state index in [1.165, 1.54) is 6.92 Å². The Morgan fingerprint density at radius 2 is 2.05 bits per heavy atom. The number of hydrogen-bond donors (Lipinski definition) is 1. The number of rotatable bonds is 3. The minimum Gasteiger partial charge on any atom is -0.424 e. The van der Waals surface area contributed by atoms with E-state index in [2.05, 4.69) is 5.32 Å². The number of para-hydroxylation sites is 1. The van der Waals surface area contributed by atoms with E-state index in [4.69, 9.17) is 9.05 Å². The van der Waals surface area contributed by atoms with E-state index in [9.17, 15) is 9.36 Å². The molecule has 19 heavy (non-hydrogen) atoms. The summed E-state index contributed by atoms with van der Waals surface area (Å²) in [4.78, 5) is 11.0. The molecule has 0 aliphatic carbocycles. The van der Waals surface area contributed by atoms with Crippen molar-refractivity contribution in [3.05, 3.63) is 30.3 Å². The largest absolute Gasteiger partial charge is 0.424 e. The van der Waals surface area contributed by atoms with Crippen LogP contribution in [0.3, 0.4) is 0 Å². The normalized spacial score (nSPS) is 30.6. The van der Waals surface area contributed by atoms with E-state index >= 15 is 0 Å². The van der Waals surface area contributed by atoms with Gasteiger partial charge in [0.15, 0.2) is 0 Å². The Balaban J connectivity index is 2.10. The molecular formula is C13H18NO4P. The Labute approximate surface area is 112 Å². The molecule has 0 radical (unpaired) electrons. The van der Waals surface area contributed by atoms with Crippen LogP contribution in [0.5, 0.6) is 5.75 Å². The molecule has 3 unspecified atom stereocenters. The van der Waals surface area contributed by atoms with Crippen LogP contribution in [0.25, 0.3) is 0 Å². The van der Waals surface area contributed by atoms with Crippen molar-refractivity contribution in [2.45, 2.75) is 38.6 Å². The lowest BCUT2D eigenvalue weighted by atomic mass is 10.2. The lowest BCUT2D eigenvalue weighted by molar-refractivity contribution is -0.121. The summed E-state index contributed by atoms with van der Waals surface area (Å²) < 4.78 is 23.8. The number of carbonyl (C=O) groups is 1. The van der Waals surface area contributed by atoms with Gasteiger partial charge in [0, 0.05) is 6.92 Å². The van der Waals surface area contributed by atoms with Crippen molar-refractivity contribution in [3.8, 4) is 5.75 Å². The Hall–Kier alpha value is -1.32. The minimum atomic E-state index is -3.25. The van der Waals surface area contributed by atoms with Crippen molar-refractivity contribution in [1.29, 1.82) is 0 Å². The van der Waals surface area contributed by atoms with E-state index in [-0.39, 0.29) is 11.6 Å². The van der Waals surface area contributed by atoms with Crippen molar-refractivity contribution < 1.29 is 18.4 Å². The van der Waals surface area contributed by atoms with Gasteiger partial charge < -0.3 is 9.84 Å². The number of amides is 1. The zero-order valence-electron chi connectivity index (χ0n) is 11.0. The third-order valence-corrected chi connectivity index (χ3v) is 5.35. The van der Waals surface area contributed by atoms with Crippen LogP contribution in [0.2, 0.25) is 0 Å². The highest BCUT2D eigenvalue weighted by atomic mass is 31.2. The lowest BCUT2D eigenvalue weighted by Gasteiger charge is -2.33. The van der Waals surface area contributed by atoms with Gasteiger partial charge in [0.05, 0.1) is 5.66 Å². The second-order valence-electron chi connectivity index (χ2n) is 4.67. The standard InChI is InChI=1S/C13H18NO4P/c1-10-8-9-13(14-11(2)15)18-19(10,16)17-12-6-4-3-5-7-12/h3-7,10,13H,8-9H2,1-2H3,(H,14,15). The second kappa shape index (κ2) is 5.76. The van der Waals surface area contributed by atoms with Crippen LogP contribution in [0.15, 0.2) is 30.3 Å². The molecule has 104 valence electrons. The van der Waals surface area contributed by atoms with Crippen molar-refractivity contribution in [1.82, 2.24) is 5.32 Å². The molecule has 1 saturated heterocycles. The molecule has 5 nitrogen and oxygen atoms in total. The minimum absolute atomic E-state index is 0.183. The van der Waals surface area contributed by atoms with Crippen LogP contribution in [0.1, 0.15) is 26.7 Å². The molecule has 2 rings (SSSR count). The molecule has 1 aliphatic heterocycles. The van der Waals surface area contributed by atoms with Crippen LogP contribution < -0.4 is 9.84 Å². The molecule has 1 aliphatic rings. The van der Waals surface area contributed by atoms with Crippen LogP contribution in [-0.2, 0) is 13.9 Å². The fraction of sp³-hybridized carbons (Fsp3) is 0.462. The first-order valence-electron chi connectivity index (χ1n) is 6.29. The summed E-state index contributed by atoms with van der Waals surface area (Å²) >= 11 is 0. The summed E-state index contributed by atoms with van der Waals surface area (Å²) in [6.07, 6.45) is 0.793. The van der Waals surface area contributed by atoms with Crippen molar-refractivity contribution in [3.63, 3.8) is 0 Å². The molecule has 1 aromatic carbocycles. The van der Waals surface area contributed by atoms with E-state index < -0.39 is 13.8 Å². The van der Waals surface area contributed by atoms with Gasteiger partial charge in [-0.25, -0.2) is 4.57 Å². The van der Waals surface area contributed by atoms with E-state index in [1.54, 1.807) is 24.3 Å². The van der Waals surface area contributed by atoms with Gasteiger partial charge in [-0.15, -0.1) is 0 Å². The lowest BCUT2D eigenvalue weighted by Crippen LogP contribution is -2.39. The third kappa shape index (κ3) is 3.58. The number of carbonyl (C=O) groups excluding carboxylic acids is 1. The van der Waals surface area contributed by atoms with Crippen LogP contribution >= 0.6 is 7.60 Å². The van der Waals surface area contributed by atoms with Crippen LogP contribution in [0, 0.1) is 0 Å². The van der Waals surface area contributed by atoms with Crippen molar-refractivity contribution in [2.24, 2.45) is 0 Å². The maximum Gasteiger partial charge on any atom is 0.383 e. The smallest absolute Gasteiger partial charge is 0.383 e. The van der Waals surface area contributed by atoms with Crippen molar-refractivity contribution in [2.75, 3.05) is 0 Å².